The number of hydrogen-bond acceptors (Lipinski definition) is 5. The van der Waals surface area contributed by atoms with Crippen molar-refractivity contribution in [3.8, 4) is 0 Å². The Balaban J connectivity index is 1.90. The van der Waals surface area contributed by atoms with Crippen molar-refractivity contribution >= 4 is 12.0 Å². The van der Waals surface area contributed by atoms with Crippen LogP contribution in [0.15, 0.2) is 35.3 Å². The molecule has 0 bridgehead atoms. The number of isocyanates is 1. The lowest BCUT2D eigenvalue weighted by Crippen LogP contribution is -2.27. The van der Waals surface area contributed by atoms with Crippen LogP contribution in [0.4, 0.5) is 0 Å². The third kappa shape index (κ3) is 3.03. The minimum atomic E-state index is -0.504. The topological polar surface area (TPSA) is 65.0 Å². The van der Waals surface area contributed by atoms with E-state index in [1.54, 1.807) is 0 Å². The zero-order valence-corrected chi connectivity index (χ0v) is 9.74. The largest absolute Gasteiger partial charge is 0.460 e. The number of benzene rings is 1. The molecular weight excluding hydrogens is 234 g/mol. The summed E-state index contributed by atoms with van der Waals surface area (Å²) in [6.45, 7) is 0.720. The monoisotopic (exact) mass is 247 g/mol. The summed E-state index contributed by atoms with van der Waals surface area (Å²) >= 11 is 0. The van der Waals surface area contributed by atoms with Crippen molar-refractivity contribution in [3.63, 3.8) is 0 Å². The number of nitrogens with zero attached hydrogens (tertiary/aromatic N) is 1. The van der Waals surface area contributed by atoms with Crippen LogP contribution in [0.3, 0.4) is 0 Å². The number of aliphatic imine (C=N–C) groups is 1. The van der Waals surface area contributed by atoms with Gasteiger partial charge in [0.05, 0.1) is 13.2 Å². The van der Waals surface area contributed by atoms with Crippen molar-refractivity contribution in [3.05, 3.63) is 35.9 Å². The van der Waals surface area contributed by atoms with Crippen LogP contribution in [-0.4, -0.2) is 31.3 Å². The maximum Gasteiger partial charge on any atom is 0.313 e. The van der Waals surface area contributed by atoms with Crippen molar-refractivity contribution in [1.29, 1.82) is 0 Å². The molecule has 5 heteroatoms. The Kier molecular flexibility index (Phi) is 4.23. The summed E-state index contributed by atoms with van der Waals surface area (Å²) in [7, 11) is 0. The predicted molar refractivity (Wildman–Crippen MR) is 62.5 cm³/mol. The minimum Gasteiger partial charge on any atom is -0.460 e. The summed E-state index contributed by atoms with van der Waals surface area (Å²) in [6.07, 6.45) is 1.46. The first-order valence-corrected chi connectivity index (χ1v) is 5.66. The average molecular weight is 247 g/mol. The Bertz CT molecular complexity index is 453. The van der Waals surface area contributed by atoms with Gasteiger partial charge in [-0.05, 0) is 5.56 Å². The maximum atomic E-state index is 11.8. The Morgan fingerprint density at radius 2 is 2.17 bits per heavy atom. The quantitative estimate of drug-likeness (QED) is 0.453. The van der Waals surface area contributed by atoms with E-state index in [9.17, 15) is 9.59 Å². The Morgan fingerprint density at radius 3 is 2.89 bits per heavy atom. The van der Waals surface area contributed by atoms with Gasteiger partial charge in [-0.15, -0.1) is 0 Å². The molecule has 1 fully saturated rings. The highest BCUT2D eigenvalue weighted by molar-refractivity contribution is 5.74. The summed E-state index contributed by atoms with van der Waals surface area (Å²) in [5.74, 6) is -0.893. The standard InChI is InChI=1S/C13H13NO4/c15-9-14-12-8-17-7-11(12)13(16)18-6-10-4-2-1-3-5-10/h1-5,11-12H,6-8H2/t11-,12+/m0/s1. The van der Waals surface area contributed by atoms with Crippen LogP contribution < -0.4 is 0 Å². The van der Waals surface area contributed by atoms with E-state index in [1.165, 1.54) is 6.08 Å². The molecule has 1 heterocycles. The molecule has 5 nitrogen and oxygen atoms in total. The number of carbonyl (C=O) groups excluding carboxylic acids is 2. The first-order chi connectivity index (χ1) is 8.81. The molecular formula is C13H13NO4. The molecule has 94 valence electrons. The SMILES string of the molecule is O=C=N[C@@H]1COC[C@@H]1C(=O)OCc1ccccc1. The van der Waals surface area contributed by atoms with E-state index < -0.39 is 12.0 Å². The number of hydrogen-bond donors (Lipinski definition) is 0. The van der Waals surface area contributed by atoms with E-state index in [2.05, 4.69) is 4.99 Å². The van der Waals surface area contributed by atoms with E-state index in [0.717, 1.165) is 5.56 Å². The highest BCUT2D eigenvalue weighted by atomic mass is 16.5. The first kappa shape index (κ1) is 12.5. The van der Waals surface area contributed by atoms with Gasteiger partial charge in [0.2, 0.25) is 6.08 Å². The fourth-order valence-corrected chi connectivity index (χ4v) is 1.80. The second-order valence-electron chi connectivity index (χ2n) is 4.02. The van der Waals surface area contributed by atoms with Gasteiger partial charge >= 0.3 is 5.97 Å². The van der Waals surface area contributed by atoms with Gasteiger partial charge in [0.25, 0.3) is 0 Å². The van der Waals surface area contributed by atoms with Crippen LogP contribution in [0, 0.1) is 5.92 Å². The molecule has 0 unspecified atom stereocenters. The lowest BCUT2D eigenvalue weighted by molar-refractivity contribution is -0.150. The van der Waals surface area contributed by atoms with E-state index in [4.69, 9.17) is 9.47 Å². The highest BCUT2D eigenvalue weighted by Gasteiger charge is 2.35. The van der Waals surface area contributed by atoms with Gasteiger partial charge in [-0.3, -0.25) is 4.79 Å². The molecule has 1 aliphatic heterocycles. The van der Waals surface area contributed by atoms with Gasteiger partial charge in [0, 0.05) is 0 Å². The van der Waals surface area contributed by atoms with Crippen LogP contribution in [0.5, 0.6) is 0 Å². The molecule has 0 N–H and O–H groups in total. The van der Waals surface area contributed by atoms with Crippen molar-refractivity contribution in [2.45, 2.75) is 12.6 Å². The van der Waals surface area contributed by atoms with Crippen LogP contribution in [0.1, 0.15) is 5.56 Å². The van der Waals surface area contributed by atoms with Crippen LogP contribution in [0.2, 0.25) is 0 Å². The Labute approximate surface area is 104 Å². The molecule has 0 aliphatic carbocycles. The summed E-state index contributed by atoms with van der Waals surface area (Å²) in [6, 6.07) is 8.93. The molecule has 0 radical (unpaired) electrons. The van der Waals surface area contributed by atoms with Crippen LogP contribution >= 0.6 is 0 Å². The molecule has 0 spiro atoms. The lowest BCUT2D eigenvalue weighted by atomic mass is 10.1. The normalized spacial score (nSPS) is 22.2. The van der Waals surface area contributed by atoms with Crippen molar-refractivity contribution < 1.29 is 19.1 Å². The Morgan fingerprint density at radius 1 is 1.39 bits per heavy atom. The molecule has 1 aromatic rings. The third-order valence-electron chi connectivity index (χ3n) is 2.80. The number of esters is 1. The molecule has 2 atom stereocenters. The third-order valence-corrected chi connectivity index (χ3v) is 2.80. The average Bonchev–Trinajstić information content (AvgIpc) is 2.86. The van der Waals surface area contributed by atoms with Crippen LogP contribution in [0.25, 0.3) is 0 Å². The second kappa shape index (κ2) is 6.10. The molecule has 1 aliphatic rings. The van der Waals surface area contributed by atoms with Gasteiger partial charge < -0.3 is 9.47 Å². The predicted octanol–water partition coefficient (Wildman–Crippen LogP) is 1.08. The zero-order valence-electron chi connectivity index (χ0n) is 9.74. The minimum absolute atomic E-state index is 0.216. The number of carbonyl (C=O) groups is 1. The molecule has 0 aromatic heterocycles. The van der Waals surface area contributed by atoms with Gasteiger partial charge in [-0.25, -0.2) is 4.79 Å². The van der Waals surface area contributed by atoms with E-state index in [1.807, 2.05) is 30.3 Å². The van der Waals surface area contributed by atoms with E-state index in [0.29, 0.717) is 0 Å². The Hall–Kier alpha value is -1.97. The maximum absolute atomic E-state index is 11.8. The van der Waals surface area contributed by atoms with Crippen molar-refractivity contribution in [1.82, 2.24) is 0 Å². The van der Waals surface area contributed by atoms with Gasteiger partial charge in [-0.2, -0.15) is 4.99 Å². The molecule has 1 aromatic carbocycles. The van der Waals surface area contributed by atoms with Gasteiger partial charge in [0.15, 0.2) is 0 Å². The van der Waals surface area contributed by atoms with Crippen molar-refractivity contribution in [2.75, 3.05) is 13.2 Å². The second-order valence-corrected chi connectivity index (χ2v) is 4.02. The van der Waals surface area contributed by atoms with Crippen LogP contribution in [-0.2, 0) is 25.7 Å². The van der Waals surface area contributed by atoms with E-state index >= 15 is 0 Å². The van der Waals surface area contributed by atoms with Gasteiger partial charge in [-0.1, -0.05) is 30.3 Å². The number of ether oxygens (including phenoxy) is 2. The number of rotatable bonds is 4. The summed E-state index contributed by atoms with van der Waals surface area (Å²) in [5.41, 5.74) is 0.917. The fourth-order valence-electron chi connectivity index (χ4n) is 1.80. The molecule has 0 amide bonds. The summed E-state index contributed by atoms with van der Waals surface area (Å²) < 4.78 is 10.3. The summed E-state index contributed by atoms with van der Waals surface area (Å²) in [4.78, 5) is 25.6. The lowest BCUT2D eigenvalue weighted by Gasteiger charge is -2.11. The first-order valence-electron chi connectivity index (χ1n) is 5.66. The molecule has 2 rings (SSSR count). The zero-order chi connectivity index (χ0) is 12.8. The highest BCUT2D eigenvalue weighted by Crippen LogP contribution is 2.18. The van der Waals surface area contributed by atoms with Gasteiger partial charge in [0.1, 0.15) is 18.6 Å². The fraction of sp³-hybridized carbons (Fsp3) is 0.385. The molecule has 18 heavy (non-hydrogen) atoms. The molecule has 0 saturated carbocycles. The van der Waals surface area contributed by atoms with Crippen molar-refractivity contribution in [2.24, 2.45) is 10.9 Å². The smallest absolute Gasteiger partial charge is 0.313 e. The summed E-state index contributed by atoms with van der Waals surface area (Å²) in [5, 5.41) is 0. The molecule has 1 saturated heterocycles. The van der Waals surface area contributed by atoms with E-state index in [-0.39, 0.29) is 25.8 Å².